The second-order valence-electron chi connectivity index (χ2n) is 9.37. The Labute approximate surface area is 210 Å². The Hall–Kier alpha value is -3.25. The van der Waals surface area contributed by atoms with Crippen molar-refractivity contribution in [1.29, 1.82) is 0 Å². The van der Waals surface area contributed by atoms with Gasteiger partial charge in [-0.15, -0.1) is 0 Å². The smallest absolute Gasteiger partial charge is 0.230 e. The number of pyridine rings is 2. The van der Waals surface area contributed by atoms with E-state index in [1.165, 1.54) is 0 Å². The zero-order valence-corrected chi connectivity index (χ0v) is 21.3. The first-order valence-corrected chi connectivity index (χ1v) is 14.0. The van der Waals surface area contributed by atoms with E-state index in [-0.39, 0.29) is 18.0 Å². The molecule has 2 aliphatic rings. The maximum Gasteiger partial charge on any atom is 0.230 e. The van der Waals surface area contributed by atoms with Crippen LogP contribution in [0.1, 0.15) is 31.2 Å². The van der Waals surface area contributed by atoms with Gasteiger partial charge in [0.15, 0.2) is 0 Å². The van der Waals surface area contributed by atoms with Crippen molar-refractivity contribution < 1.29 is 17.9 Å². The van der Waals surface area contributed by atoms with Gasteiger partial charge < -0.3 is 19.7 Å². The van der Waals surface area contributed by atoms with E-state index in [0.717, 1.165) is 67.2 Å². The largest absolute Gasteiger partial charge is 0.474 e. The molecule has 0 amide bonds. The number of nitrogens with zero attached hydrogens (tertiary/aromatic N) is 5. The summed E-state index contributed by atoms with van der Waals surface area (Å²) in [6.07, 6.45) is 9.93. The Morgan fingerprint density at radius 2 is 1.75 bits per heavy atom. The number of hydrogen-bond acceptors (Lipinski definition) is 10. The summed E-state index contributed by atoms with van der Waals surface area (Å²) in [6.45, 7) is 4.75. The van der Waals surface area contributed by atoms with E-state index in [1.807, 2.05) is 25.4 Å². The van der Waals surface area contributed by atoms with Crippen LogP contribution in [0.4, 0.5) is 17.6 Å². The Morgan fingerprint density at radius 1 is 1.03 bits per heavy atom. The van der Waals surface area contributed by atoms with Gasteiger partial charge in [-0.05, 0) is 50.3 Å². The number of morpholine rings is 1. The molecule has 2 fully saturated rings. The number of nitrogens with one attached hydrogen (secondary N) is 2. The van der Waals surface area contributed by atoms with Crippen molar-refractivity contribution in [1.82, 2.24) is 19.9 Å². The number of ether oxygens (including phenoxy) is 2. The quantitative estimate of drug-likeness (QED) is 0.486. The van der Waals surface area contributed by atoms with Gasteiger partial charge in [-0.3, -0.25) is 4.72 Å². The first-order chi connectivity index (χ1) is 17.3. The van der Waals surface area contributed by atoms with Gasteiger partial charge in [0.2, 0.25) is 21.9 Å². The lowest BCUT2D eigenvalue weighted by molar-refractivity contribution is 0.122. The molecular weight excluding hydrogens is 482 g/mol. The third kappa shape index (κ3) is 6.11. The highest BCUT2D eigenvalue weighted by atomic mass is 32.2. The second kappa shape index (κ2) is 10.4. The average Bonchev–Trinajstić information content (AvgIpc) is 2.86. The maximum atomic E-state index is 11.7. The van der Waals surface area contributed by atoms with Crippen LogP contribution < -0.4 is 19.7 Å². The molecule has 0 aromatic carbocycles. The van der Waals surface area contributed by atoms with Gasteiger partial charge in [0.05, 0.1) is 19.5 Å². The summed E-state index contributed by atoms with van der Waals surface area (Å²) >= 11 is 0. The third-order valence-electron chi connectivity index (χ3n) is 6.36. The molecule has 12 heteroatoms. The first-order valence-electron chi connectivity index (χ1n) is 12.2. The van der Waals surface area contributed by atoms with E-state index in [9.17, 15) is 8.42 Å². The summed E-state index contributed by atoms with van der Waals surface area (Å²) in [6, 6.07) is 3.93. The first kappa shape index (κ1) is 24.4. The minimum atomic E-state index is -3.46. The molecule has 3 aromatic heterocycles. The van der Waals surface area contributed by atoms with E-state index in [2.05, 4.69) is 29.9 Å². The number of rotatable bonds is 7. The molecule has 5 rings (SSSR count). The fourth-order valence-corrected chi connectivity index (χ4v) is 5.02. The highest BCUT2D eigenvalue weighted by Gasteiger charge is 2.25. The number of aryl methyl sites for hydroxylation is 1. The zero-order chi connectivity index (χ0) is 25.1. The minimum absolute atomic E-state index is 0.00268. The van der Waals surface area contributed by atoms with E-state index < -0.39 is 10.0 Å². The lowest BCUT2D eigenvalue weighted by Gasteiger charge is -2.31. The van der Waals surface area contributed by atoms with Crippen LogP contribution in [-0.2, 0) is 14.8 Å². The maximum absolute atomic E-state index is 11.7. The van der Waals surface area contributed by atoms with Gasteiger partial charge in [0, 0.05) is 48.5 Å². The van der Waals surface area contributed by atoms with Crippen LogP contribution in [0, 0.1) is 6.92 Å². The van der Waals surface area contributed by atoms with Crippen molar-refractivity contribution in [3.63, 3.8) is 0 Å². The number of aromatic nitrogens is 4. The van der Waals surface area contributed by atoms with E-state index in [1.54, 1.807) is 12.3 Å². The zero-order valence-electron chi connectivity index (χ0n) is 20.5. The fraction of sp³-hybridized carbons (Fsp3) is 0.500. The molecular formula is C24H31N7O4S. The van der Waals surface area contributed by atoms with Crippen LogP contribution in [-0.4, -0.2) is 73.1 Å². The molecule has 1 aliphatic heterocycles. The third-order valence-corrected chi connectivity index (χ3v) is 6.94. The summed E-state index contributed by atoms with van der Waals surface area (Å²) in [5.41, 5.74) is 1.03. The summed E-state index contributed by atoms with van der Waals surface area (Å²) in [5, 5.41) is 4.98. The molecule has 0 radical (unpaired) electrons. The van der Waals surface area contributed by atoms with Gasteiger partial charge in [0.1, 0.15) is 17.7 Å². The number of fused-ring (bicyclic) bond motifs is 1. The van der Waals surface area contributed by atoms with Crippen LogP contribution in [0.25, 0.3) is 10.8 Å². The van der Waals surface area contributed by atoms with Gasteiger partial charge in [0.25, 0.3) is 0 Å². The molecule has 0 bridgehead atoms. The summed E-state index contributed by atoms with van der Waals surface area (Å²) < 4.78 is 37.9. The van der Waals surface area contributed by atoms with Crippen molar-refractivity contribution in [3.8, 4) is 5.88 Å². The second-order valence-corrected chi connectivity index (χ2v) is 11.1. The molecule has 192 valence electrons. The molecule has 1 saturated carbocycles. The normalized spacial score (nSPS) is 20.8. The SMILES string of the molecule is Cc1cnc(NC2CCC(Oc3nc(N4CCOCC4)cc4cnc(NS(C)(=O)=O)cc34)CC2)nc1. The van der Waals surface area contributed by atoms with Gasteiger partial charge in [-0.1, -0.05) is 0 Å². The van der Waals surface area contributed by atoms with Crippen molar-refractivity contribution >= 4 is 38.4 Å². The van der Waals surface area contributed by atoms with Crippen molar-refractivity contribution in [3.05, 3.63) is 36.3 Å². The number of anilines is 3. The summed E-state index contributed by atoms with van der Waals surface area (Å²) in [5.74, 6) is 2.18. The minimum Gasteiger partial charge on any atom is -0.474 e. The van der Waals surface area contributed by atoms with Crippen molar-refractivity contribution in [2.75, 3.05) is 47.5 Å². The molecule has 1 saturated heterocycles. The van der Waals surface area contributed by atoms with Gasteiger partial charge in [-0.25, -0.2) is 23.4 Å². The van der Waals surface area contributed by atoms with Crippen LogP contribution in [0.5, 0.6) is 5.88 Å². The lowest BCUT2D eigenvalue weighted by atomic mass is 9.93. The van der Waals surface area contributed by atoms with Crippen LogP contribution in [0.2, 0.25) is 0 Å². The van der Waals surface area contributed by atoms with Crippen LogP contribution in [0.15, 0.2) is 30.7 Å². The highest BCUT2D eigenvalue weighted by molar-refractivity contribution is 7.92. The number of sulfonamides is 1. The van der Waals surface area contributed by atoms with Gasteiger partial charge >= 0.3 is 0 Å². The fourth-order valence-electron chi connectivity index (χ4n) is 4.52. The van der Waals surface area contributed by atoms with Crippen LogP contribution in [0.3, 0.4) is 0 Å². The molecule has 36 heavy (non-hydrogen) atoms. The van der Waals surface area contributed by atoms with E-state index in [4.69, 9.17) is 14.5 Å². The summed E-state index contributed by atoms with van der Waals surface area (Å²) in [4.78, 5) is 20.0. The molecule has 2 N–H and O–H groups in total. The summed E-state index contributed by atoms with van der Waals surface area (Å²) in [7, 11) is -3.46. The van der Waals surface area contributed by atoms with Crippen molar-refractivity contribution in [2.45, 2.75) is 44.8 Å². The highest BCUT2D eigenvalue weighted by Crippen LogP contribution is 2.33. The Kier molecular flexibility index (Phi) is 7.06. The lowest BCUT2D eigenvalue weighted by Crippen LogP contribution is -2.37. The molecule has 1 aliphatic carbocycles. The molecule has 3 aromatic rings. The average molecular weight is 514 g/mol. The molecule has 0 atom stereocenters. The Morgan fingerprint density at radius 3 is 2.44 bits per heavy atom. The van der Waals surface area contributed by atoms with E-state index in [0.29, 0.717) is 25.0 Å². The molecule has 11 nitrogen and oxygen atoms in total. The predicted octanol–water partition coefficient (Wildman–Crippen LogP) is 2.74. The predicted molar refractivity (Wildman–Crippen MR) is 138 cm³/mol. The Balaban J connectivity index is 1.35. The topological polar surface area (TPSA) is 131 Å². The van der Waals surface area contributed by atoms with Crippen molar-refractivity contribution in [2.24, 2.45) is 0 Å². The van der Waals surface area contributed by atoms with Gasteiger partial charge in [-0.2, -0.15) is 4.98 Å². The molecule has 4 heterocycles. The number of hydrogen-bond donors (Lipinski definition) is 2. The monoisotopic (exact) mass is 513 g/mol. The molecule has 0 unspecified atom stereocenters. The Bertz CT molecular complexity index is 1310. The van der Waals surface area contributed by atoms with E-state index >= 15 is 0 Å². The standard InChI is InChI=1S/C24H31N7O4S/c1-16-13-26-24(27-14-16)28-18-3-5-19(6-4-18)35-23-20-12-21(30-36(2,32)33)25-15-17(20)11-22(29-23)31-7-9-34-10-8-31/h11-15,18-19H,3-10H2,1-2H3,(H,25,30)(H,26,27,28). The molecule has 0 spiro atoms. The van der Waals surface area contributed by atoms with Crippen LogP contribution >= 0.6 is 0 Å².